The molecule has 3 aromatic rings. The quantitative estimate of drug-likeness (QED) is 0.742. The first-order valence-corrected chi connectivity index (χ1v) is 8.34. The van der Waals surface area contributed by atoms with Crippen molar-refractivity contribution < 1.29 is 4.74 Å². The van der Waals surface area contributed by atoms with Gasteiger partial charge in [-0.1, -0.05) is 12.1 Å². The maximum atomic E-state index is 5.86. The summed E-state index contributed by atoms with van der Waals surface area (Å²) in [6, 6.07) is 10.3. The van der Waals surface area contributed by atoms with Gasteiger partial charge in [-0.15, -0.1) is 11.3 Å². The van der Waals surface area contributed by atoms with Gasteiger partial charge in [-0.2, -0.15) is 5.10 Å². The van der Waals surface area contributed by atoms with Crippen molar-refractivity contribution >= 4 is 21.6 Å². The van der Waals surface area contributed by atoms with Crippen molar-refractivity contribution in [1.29, 1.82) is 0 Å². The molecule has 1 fully saturated rings. The lowest BCUT2D eigenvalue weighted by Gasteiger charge is -2.32. The fraction of sp³-hybridized carbons (Fsp3) is 0.375. The van der Waals surface area contributed by atoms with E-state index in [1.807, 2.05) is 29.2 Å². The molecule has 1 aliphatic heterocycles. The number of benzene rings is 1. The summed E-state index contributed by atoms with van der Waals surface area (Å²) in [6.45, 7) is 4.37. The number of hydrogen-bond acceptors (Lipinski definition) is 5. The molecule has 3 heterocycles. The summed E-state index contributed by atoms with van der Waals surface area (Å²) in [5.74, 6) is 0. The van der Waals surface area contributed by atoms with Gasteiger partial charge in [0.15, 0.2) is 0 Å². The third kappa shape index (κ3) is 3.04. The van der Waals surface area contributed by atoms with Crippen molar-refractivity contribution in [2.75, 3.05) is 19.7 Å². The summed E-state index contributed by atoms with van der Waals surface area (Å²) in [4.78, 5) is 7.15. The minimum Gasteiger partial charge on any atom is -0.374 e. The highest BCUT2D eigenvalue weighted by Crippen LogP contribution is 2.23. The summed E-state index contributed by atoms with van der Waals surface area (Å²) in [5, 5.41) is 5.44. The molecule has 22 heavy (non-hydrogen) atoms. The van der Waals surface area contributed by atoms with Gasteiger partial charge in [-0.3, -0.25) is 9.58 Å². The molecule has 0 amide bonds. The van der Waals surface area contributed by atoms with E-state index in [4.69, 9.17) is 9.72 Å². The van der Waals surface area contributed by atoms with Gasteiger partial charge in [0, 0.05) is 25.5 Å². The van der Waals surface area contributed by atoms with Gasteiger partial charge in [-0.05, 0) is 18.2 Å². The highest BCUT2D eigenvalue weighted by molar-refractivity contribution is 7.18. The Morgan fingerprint density at radius 1 is 1.27 bits per heavy atom. The average Bonchev–Trinajstić information content (AvgIpc) is 3.16. The monoisotopic (exact) mass is 314 g/mol. The van der Waals surface area contributed by atoms with Gasteiger partial charge in [0.2, 0.25) is 0 Å². The third-order valence-corrected chi connectivity index (χ3v) is 4.89. The molecule has 6 heteroatoms. The predicted octanol–water partition coefficient (Wildman–Crippen LogP) is 2.39. The van der Waals surface area contributed by atoms with Gasteiger partial charge in [-0.25, -0.2) is 4.98 Å². The first kappa shape index (κ1) is 13.9. The van der Waals surface area contributed by atoms with Crippen LogP contribution >= 0.6 is 11.3 Å². The smallest absolute Gasteiger partial charge is 0.108 e. The Hall–Kier alpha value is -1.76. The molecule has 0 spiro atoms. The summed E-state index contributed by atoms with van der Waals surface area (Å²) >= 11 is 1.79. The minimum atomic E-state index is 0.197. The molecular formula is C16H18N4OS. The SMILES string of the molecule is c1ccc2sc(CN3CCO[C@H](Cn4cccn4)C3)nc2c1. The van der Waals surface area contributed by atoms with E-state index in [2.05, 4.69) is 28.2 Å². The van der Waals surface area contributed by atoms with Crippen LogP contribution < -0.4 is 0 Å². The van der Waals surface area contributed by atoms with Crippen LogP contribution in [0.15, 0.2) is 42.7 Å². The Morgan fingerprint density at radius 2 is 2.23 bits per heavy atom. The molecule has 1 saturated heterocycles. The van der Waals surface area contributed by atoms with Crippen molar-refractivity contribution in [2.24, 2.45) is 0 Å². The molecule has 5 nitrogen and oxygen atoms in total. The molecule has 0 radical (unpaired) electrons. The number of thiazole rings is 1. The zero-order chi connectivity index (χ0) is 14.8. The predicted molar refractivity (Wildman–Crippen MR) is 86.9 cm³/mol. The zero-order valence-corrected chi connectivity index (χ0v) is 13.1. The Kier molecular flexibility index (Phi) is 3.88. The zero-order valence-electron chi connectivity index (χ0n) is 12.3. The number of fused-ring (bicyclic) bond motifs is 1. The van der Waals surface area contributed by atoms with E-state index in [0.29, 0.717) is 0 Å². The van der Waals surface area contributed by atoms with Crippen LogP contribution in [-0.4, -0.2) is 45.5 Å². The number of hydrogen-bond donors (Lipinski definition) is 0. The maximum absolute atomic E-state index is 5.86. The van der Waals surface area contributed by atoms with E-state index in [9.17, 15) is 0 Å². The molecular weight excluding hydrogens is 296 g/mol. The van der Waals surface area contributed by atoms with Crippen LogP contribution in [-0.2, 0) is 17.8 Å². The Morgan fingerprint density at radius 3 is 3.09 bits per heavy atom. The summed E-state index contributed by atoms with van der Waals surface area (Å²) in [7, 11) is 0. The molecule has 1 atom stereocenters. The molecule has 1 aromatic carbocycles. The molecule has 0 saturated carbocycles. The largest absolute Gasteiger partial charge is 0.374 e. The van der Waals surface area contributed by atoms with Crippen LogP contribution in [0.4, 0.5) is 0 Å². The topological polar surface area (TPSA) is 43.2 Å². The van der Waals surface area contributed by atoms with Crippen molar-refractivity contribution in [2.45, 2.75) is 19.2 Å². The molecule has 4 rings (SSSR count). The van der Waals surface area contributed by atoms with Gasteiger partial charge >= 0.3 is 0 Å². The van der Waals surface area contributed by atoms with Crippen LogP contribution in [0.1, 0.15) is 5.01 Å². The number of para-hydroxylation sites is 1. The second-order valence-corrected chi connectivity index (χ2v) is 6.65. The molecule has 0 unspecified atom stereocenters. The normalized spacial score (nSPS) is 19.7. The second kappa shape index (κ2) is 6.16. The van der Waals surface area contributed by atoms with Crippen LogP contribution in [0.5, 0.6) is 0 Å². The Bertz CT molecular complexity index is 707. The lowest BCUT2D eigenvalue weighted by atomic mass is 10.2. The van der Waals surface area contributed by atoms with Crippen LogP contribution in [0.3, 0.4) is 0 Å². The fourth-order valence-corrected chi connectivity index (χ4v) is 3.84. The number of rotatable bonds is 4. The van der Waals surface area contributed by atoms with E-state index < -0.39 is 0 Å². The number of ether oxygens (including phenoxy) is 1. The van der Waals surface area contributed by atoms with Crippen LogP contribution in [0.25, 0.3) is 10.2 Å². The molecule has 0 N–H and O–H groups in total. The van der Waals surface area contributed by atoms with Crippen molar-refractivity contribution in [3.05, 3.63) is 47.7 Å². The van der Waals surface area contributed by atoms with Crippen molar-refractivity contribution in [3.63, 3.8) is 0 Å². The van der Waals surface area contributed by atoms with Crippen molar-refractivity contribution in [1.82, 2.24) is 19.7 Å². The van der Waals surface area contributed by atoms with Crippen LogP contribution in [0, 0.1) is 0 Å². The van der Waals surface area contributed by atoms with Gasteiger partial charge in [0.05, 0.1) is 36.0 Å². The lowest BCUT2D eigenvalue weighted by molar-refractivity contribution is -0.0402. The summed E-state index contributed by atoms with van der Waals surface area (Å²) in [6.07, 6.45) is 3.99. The molecule has 1 aliphatic rings. The van der Waals surface area contributed by atoms with E-state index in [0.717, 1.165) is 38.3 Å². The summed E-state index contributed by atoms with van der Waals surface area (Å²) < 4.78 is 9.06. The van der Waals surface area contributed by atoms with Gasteiger partial charge in [0.1, 0.15) is 5.01 Å². The lowest BCUT2D eigenvalue weighted by Crippen LogP contribution is -2.43. The summed E-state index contributed by atoms with van der Waals surface area (Å²) in [5.41, 5.74) is 1.10. The first-order valence-electron chi connectivity index (χ1n) is 7.53. The highest BCUT2D eigenvalue weighted by Gasteiger charge is 2.22. The highest BCUT2D eigenvalue weighted by atomic mass is 32.1. The average molecular weight is 314 g/mol. The molecule has 114 valence electrons. The second-order valence-electron chi connectivity index (χ2n) is 5.53. The number of morpholine rings is 1. The van der Waals surface area contributed by atoms with E-state index >= 15 is 0 Å². The number of aromatic nitrogens is 3. The third-order valence-electron chi connectivity index (χ3n) is 3.87. The maximum Gasteiger partial charge on any atom is 0.108 e. The van der Waals surface area contributed by atoms with Gasteiger partial charge < -0.3 is 4.74 Å². The fourth-order valence-electron chi connectivity index (χ4n) is 2.83. The van der Waals surface area contributed by atoms with Crippen molar-refractivity contribution in [3.8, 4) is 0 Å². The van der Waals surface area contributed by atoms with E-state index in [1.54, 1.807) is 11.3 Å². The first-order chi connectivity index (χ1) is 10.9. The van der Waals surface area contributed by atoms with E-state index in [1.165, 1.54) is 9.71 Å². The molecule has 0 aliphatic carbocycles. The molecule has 2 aromatic heterocycles. The van der Waals surface area contributed by atoms with E-state index in [-0.39, 0.29) is 6.10 Å². The Labute approximate surface area is 133 Å². The Balaban J connectivity index is 1.41. The van der Waals surface area contributed by atoms with Gasteiger partial charge in [0.25, 0.3) is 0 Å². The standard InChI is InChI=1S/C16H18N4OS/c1-2-5-15-14(4-1)18-16(22-15)12-19-8-9-21-13(10-19)11-20-7-3-6-17-20/h1-7,13H,8-12H2/t13-/m0/s1. The minimum absolute atomic E-state index is 0.197. The molecule has 0 bridgehead atoms. The number of nitrogens with zero attached hydrogens (tertiary/aromatic N) is 4. The van der Waals surface area contributed by atoms with Crippen LogP contribution in [0.2, 0.25) is 0 Å².